The number of ether oxygens (including phenoxy) is 2. The van der Waals surface area contributed by atoms with Gasteiger partial charge in [0, 0.05) is 13.1 Å². The predicted molar refractivity (Wildman–Crippen MR) is 108 cm³/mol. The Morgan fingerprint density at radius 3 is 2.32 bits per heavy atom. The van der Waals surface area contributed by atoms with Crippen molar-refractivity contribution in [3.05, 3.63) is 78.4 Å². The summed E-state index contributed by atoms with van der Waals surface area (Å²) in [6.07, 6.45) is 0. The average molecular weight is 377 g/mol. The zero-order valence-corrected chi connectivity index (χ0v) is 15.8. The Balaban J connectivity index is 1.46. The second-order valence-electron chi connectivity index (χ2n) is 6.35. The number of likely N-dealkylation sites (N-methyl/N-ethyl adjacent to an activating group) is 1. The summed E-state index contributed by atoms with van der Waals surface area (Å²) in [5, 5.41) is 2.13. The predicted octanol–water partition coefficient (Wildman–Crippen LogP) is 3.81. The Labute approximate surface area is 164 Å². The third-order valence-electron chi connectivity index (χ3n) is 4.38. The number of hydrogen-bond donors (Lipinski definition) is 0. The molecule has 0 aliphatic heterocycles. The van der Waals surface area contributed by atoms with Crippen LogP contribution >= 0.6 is 0 Å². The molecule has 0 saturated heterocycles. The second-order valence-corrected chi connectivity index (χ2v) is 6.35. The number of esters is 1. The number of benzene rings is 3. The minimum Gasteiger partial charge on any atom is -0.482 e. The van der Waals surface area contributed by atoms with Gasteiger partial charge in [-0.25, -0.2) is 4.79 Å². The van der Waals surface area contributed by atoms with E-state index in [1.807, 2.05) is 73.7 Å². The maximum absolute atomic E-state index is 12.3. The zero-order chi connectivity index (χ0) is 19.8. The standard InChI is InChI=1S/C23H23NO4/c1-2-24(15-18-8-4-3-5-9-18)22(25)16-28-23(26)17-27-21-13-12-19-10-6-7-11-20(19)14-21/h3-14H,2,15-17H2,1H3. The Bertz CT molecular complexity index is 939. The molecule has 5 heteroatoms. The van der Waals surface area contributed by atoms with Crippen LogP contribution in [0.15, 0.2) is 72.8 Å². The molecule has 1 amide bonds. The van der Waals surface area contributed by atoms with Crippen molar-refractivity contribution in [2.45, 2.75) is 13.5 Å². The number of rotatable bonds is 8. The first-order valence-electron chi connectivity index (χ1n) is 9.24. The van der Waals surface area contributed by atoms with Gasteiger partial charge >= 0.3 is 5.97 Å². The molecule has 3 aromatic carbocycles. The fourth-order valence-electron chi connectivity index (χ4n) is 2.85. The molecular formula is C23H23NO4. The van der Waals surface area contributed by atoms with Crippen LogP contribution in [0.1, 0.15) is 12.5 Å². The van der Waals surface area contributed by atoms with Crippen LogP contribution in [0.2, 0.25) is 0 Å². The summed E-state index contributed by atoms with van der Waals surface area (Å²) in [6.45, 7) is 2.39. The first-order valence-corrected chi connectivity index (χ1v) is 9.24. The largest absolute Gasteiger partial charge is 0.482 e. The minimum atomic E-state index is -0.572. The van der Waals surface area contributed by atoms with E-state index in [1.165, 1.54) is 0 Å². The van der Waals surface area contributed by atoms with Gasteiger partial charge in [-0.1, -0.05) is 60.7 Å². The number of hydrogen-bond acceptors (Lipinski definition) is 4. The normalized spacial score (nSPS) is 10.5. The molecule has 0 radical (unpaired) electrons. The summed E-state index contributed by atoms with van der Waals surface area (Å²) in [6, 6.07) is 23.2. The highest BCUT2D eigenvalue weighted by atomic mass is 16.6. The molecule has 0 bridgehead atoms. The van der Waals surface area contributed by atoms with Crippen LogP contribution in [0, 0.1) is 0 Å². The summed E-state index contributed by atoms with van der Waals surface area (Å²) < 4.78 is 10.6. The number of amides is 1. The summed E-state index contributed by atoms with van der Waals surface area (Å²) in [5.74, 6) is -0.219. The van der Waals surface area contributed by atoms with Gasteiger partial charge in [-0.2, -0.15) is 0 Å². The van der Waals surface area contributed by atoms with E-state index in [0.717, 1.165) is 16.3 Å². The molecule has 3 aromatic rings. The molecule has 0 unspecified atom stereocenters. The van der Waals surface area contributed by atoms with Crippen molar-refractivity contribution < 1.29 is 19.1 Å². The molecular weight excluding hydrogens is 354 g/mol. The van der Waals surface area contributed by atoms with E-state index in [1.54, 1.807) is 11.0 Å². The maximum atomic E-state index is 12.3. The molecule has 144 valence electrons. The molecule has 0 aliphatic carbocycles. The van der Waals surface area contributed by atoms with Gasteiger partial charge in [-0.05, 0) is 35.4 Å². The molecule has 0 N–H and O–H groups in total. The highest BCUT2D eigenvalue weighted by Gasteiger charge is 2.15. The topological polar surface area (TPSA) is 55.8 Å². The van der Waals surface area contributed by atoms with Gasteiger partial charge in [0.2, 0.25) is 0 Å². The highest BCUT2D eigenvalue weighted by molar-refractivity contribution is 5.84. The van der Waals surface area contributed by atoms with Crippen LogP contribution in [0.25, 0.3) is 10.8 Å². The quantitative estimate of drug-likeness (QED) is 0.560. The fourth-order valence-corrected chi connectivity index (χ4v) is 2.85. The molecule has 0 aliphatic rings. The van der Waals surface area contributed by atoms with Crippen molar-refractivity contribution in [1.29, 1.82) is 0 Å². The van der Waals surface area contributed by atoms with Gasteiger partial charge in [0.15, 0.2) is 13.2 Å². The Hall–Kier alpha value is -3.34. The smallest absolute Gasteiger partial charge is 0.344 e. The van der Waals surface area contributed by atoms with Crippen molar-refractivity contribution in [2.75, 3.05) is 19.8 Å². The molecule has 0 fully saturated rings. The maximum Gasteiger partial charge on any atom is 0.344 e. The van der Waals surface area contributed by atoms with Crippen molar-refractivity contribution in [3.8, 4) is 5.75 Å². The van der Waals surface area contributed by atoms with Crippen molar-refractivity contribution in [1.82, 2.24) is 4.90 Å². The molecule has 0 atom stereocenters. The van der Waals surface area contributed by atoms with E-state index >= 15 is 0 Å². The Kier molecular flexibility index (Phi) is 6.63. The third kappa shape index (κ3) is 5.33. The first kappa shape index (κ1) is 19.4. The lowest BCUT2D eigenvalue weighted by Crippen LogP contribution is -2.34. The van der Waals surface area contributed by atoms with Crippen LogP contribution in [0.5, 0.6) is 5.75 Å². The van der Waals surface area contributed by atoms with Gasteiger partial charge in [-0.15, -0.1) is 0 Å². The first-order chi connectivity index (χ1) is 13.7. The molecule has 0 heterocycles. The molecule has 0 saturated carbocycles. The van der Waals surface area contributed by atoms with E-state index in [0.29, 0.717) is 18.8 Å². The van der Waals surface area contributed by atoms with Gasteiger partial charge in [0.1, 0.15) is 5.75 Å². The molecule has 0 aromatic heterocycles. The number of carbonyl (C=O) groups excluding carboxylic acids is 2. The van der Waals surface area contributed by atoms with Crippen LogP contribution in [-0.2, 0) is 20.9 Å². The SMILES string of the molecule is CCN(Cc1ccccc1)C(=O)COC(=O)COc1ccc2ccccc2c1. The molecule has 0 spiro atoms. The van der Waals surface area contributed by atoms with Crippen LogP contribution in [0.3, 0.4) is 0 Å². The lowest BCUT2D eigenvalue weighted by atomic mass is 10.1. The number of carbonyl (C=O) groups is 2. The number of nitrogens with zero attached hydrogens (tertiary/aromatic N) is 1. The summed E-state index contributed by atoms with van der Waals surface area (Å²) >= 11 is 0. The van der Waals surface area contributed by atoms with Crippen molar-refractivity contribution >= 4 is 22.6 Å². The third-order valence-corrected chi connectivity index (χ3v) is 4.38. The molecule has 3 rings (SSSR count). The van der Waals surface area contributed by atoms with Gasteiger partial charge < -0.3 is 14.4 Å². The summed E-state index contributed by atoms with van der Waals surface area (Å²) in [4.78, 5) is 25.9. The minimum absolute atomic E-state index is 0.231. The lowest BCUT2D eigenvalue weighted by Gasteiger charge is -2.20. The summed E-state index contributed by atoms with van der Waals surface area (Å²) in [7, 11) is 0. The Morgan fingerprint density at radius 1 is 0.857 bits per heavy atom. The molecule has 28 heavy (non-hydrogen) atoms. The van der Waals surface area contributed by atoms with E-state index < -0.39 is 5.97 Å². The highest BCUT2D eigenvalue weighted by Crippen LogP contribution is 2.20. The van der Waals surface area contributed by atoms with Crippen LogP contribution in [-0.4, -0.2) is 36.5 Å². The van der Waals surface area contributed by atoms with Gasteiger partial charge in [-0.3, -0.25) is 4.79 Å². The van der Waals surface area contributed by atoms with E-state index in [4.69, 9.17) is 9.47 Å². The van der Waals surface area contributed by atoms with Crippen molar-refractivity contribution in [2.24, 2.45) is 0 Å². The average Bonchev–Trinajstić information content (AvgIpc) is 2.75. The monoisotopic (exact) mass is 377 g/mol. The van der Waals surface area contributed by atoms with Crippen LogP contribution < -0.4 is 4.74 Å². The van der Waals surface area contributed by atoms with Crippen LogP contribution in [0.4, 0.5) is 0 Å². The van der Waals surface area contributed by atoms with Gasteiger partial charge in [0.25, 0.3) is 5.91 Å². The van der Waals surface area contributed by atoms with Crippen molar-refractivity contribution in [3.63, 3.8) is 0 Å². The van der Waals surface area contributed by atoms with E-state index in [9.17, 15) is 9.59 Å². The zero-order valence-electron chi connectivity index (χ0n) is 15.8. The van der Waals surface area contributed by atoms with E-state index in [2.05, 4.69) is 0 Å². The fraction of sp³-hybridized carbons (Fsp3) is 0.217. The van der Waals surface area contributed by atoms with E-state index in [-0.39, 0.29) is 19.1 Å². The second kappa shape index (κ2) is 9.55. The molecule has 5 nitrogen and oxygen atoms in total. The lowest BCUT2D eigenvalue weighted by molar-refractivity contribution is -0.153. The van der Waals surface area contributed by atoms with Gasteiger partial charge in [0.05, 0.1) is 0 Å². The number of fused-ring (bicyclic) bond motifs is 1. The summed E-state index contributed by atoms with van der Waals surface area (Å²) in [5.41, 5.74) is 1.03. The Morgan fingerprint density at radius 2 is 1.57 bits per heavy atom.